The molecule has 0 saturated heterocycles. The van der Waals surface area contributed by atoms with Gasteiger partial charge in [0.15, 0.2) is 0 Å². The molecule has 4 rings (SSSR count). The predicted molar refractivity (Wildman–Crippen MR) is 154 cm³/mol. The van der Waals surface area contributed by atoms with Crippen molar-refractivity contribution in [2.24, 2.45) is 0 Å². The largest absolute Gasteiger partial charge is 0.481 e. The lowest BCUT2D eigenvalue weighted by Gasteiger charge is -2.24. The highest BCUT2D eigenvalue weighted by Gasteiger charge is 2.31. The molecule has 4 aromatic rings. The first-order chi connectivity index (χ1) is 19.4. The lowest BCUT2D eigenvalue weighted by atomic mass is 10.0. The molecule has 0 bridgehead atoms. The van der Waals surface area contributed by atoms with Gasteiger partial charge in [-0.05, 0) is 47.4 Å². The first-order valence-electron chi connectivity index (χ1n) is 12.9. The van der Waals surface area contributed by atoms with Crippen LogP contribution in [-0.4, -0.2) is 35.9 Å². The zero-order valence-electron chi connectivity index (χ0n) is 21.8. The summed E-state index contributed by atoms with van der Waals surface area (Å²) in [5.41, 5.74) is 2.98. The molecule has 1 unspecified atom stereocenters. The summed E-state index contributed by atoms with van der Waals surface area (Å²) in [6.45, 7) is -0.0298. The number of hydrogen-bond acceptors (Lipinski definition) is 6. The standard InChI is InChI=1S/C31H31N2O6P/c34-30(35)20-21-32-31(36)29(22-24-16-18-26(19-17-24)25-10-4-1-5-11-25)33-23-40(37,38-27-12-6-2-7-13-27)39-28-14-8-3-9-15-28/h1-19,29,33H,20-23H2,(H,32,36)(H,34,35). The molecule has 1 atom stereocenters. The van der Waals surface area contributed by atoms with Crippen molar-refractivity contribution in [3.63, 3.8) is 0 Å². The van der Waals surface area contributed by atoms with Crippen LogP contribution in [0.1, 0.15) is 12.0 Å². The van der Waals surface area contributed by atoms with Crippen molar-refractivity contribution in [3.8, 4) is 22.6 Å². The quantitative estimate of drug-likeness (QED) is 0.169. The molecule has 0 fully saturated rings. The number of benzene rings is 4. The number of carbonyl (C=O) groups is 2. The van der Waals surface area contributed by atoms with Gasteiger partial charge in [0.1, 0.15) is 17.8 Å². The highest BCUT2D eigenvalue weighted by molar-refractivity contribution is 7.54. The Bertz CT molecular complexity index is 1370. The third kappa shape index (κ3) is 8.83. The minimum absolute atomic E-state index is 0.0298. The summed E-state index contributed by atoms with van der Waals surface area (Å²) < 4.78 is 25.6. The fourth-order valence-electron chi connectivity index (χ4n) is 3.96. The SMILES string of the molecule is O=C(O)CCNC(=O)C(Cc1ccc(-c2ccccc2)cc1)NCP(=O)(Oc1ccccc1)Oc1ccccc1. The van der Waals surface area contributed by atoms with Crippen molar-refractivity contribution in [1.82, 2.24) is 10.6 Å². The third-order valence-corrected chi connectivity index (χ3v) is 7.51. The number of amides is 1. The van der Waals surface area contributed by atoms with E-state index in [-0.39, 0.29) is 25.7 Å². The summed E-state index contributed by atoms with van der Waals surface area (Å²) in [6, 6.07) is 34.3. The van der Waals surface area contributed by atoms with E-state index in [1.54, 1.807) is 48.5 Å². The predicted octanol–water partition coefficient (Wildman–Crippen LogP) is 5.75. The number of carboxylic acids is 1. The third-order valence-electron chi connectivity index (χ3n) is 5.96. The molecule has 206 valence electrons. The molecule has 1 amide bonds. The molecule has 0 spiro atoms. The van der Waals surface area contributed by atoms with Gasteiger partial charge in [0.05, 0.1) is 12.5 Å². The van der Waals surface area contributed by atoms with Crippen molar-refractivity contribution in [2.75, 3.05) is 12.8 Å². The summed E-state index contributed by atoms with van der Waals surface area (Å²) in [4.78, 5) is 24.1. The molecular weight excluding hydrogens is 527 g/mol. The first-order valence-corrected chi connectivity index (χ1v) is 14.6. The van der Waals surface area contributed by atoms with Crippen LogP contribution < -0.4 is 19.7 Å². The van der Waals surface area contributed by atoms with E-state index in [4.69, 9.17) is 14.2 Å². The lowest BCUT2D eigenvalue weighted by molar-refractivity contribution is -0.137. The van der Waals surface area contributed by atoms with Gasteiger partial charge in [-0.1, -0.05) is 91.0 Å². The zero-order chi connectivity index (χ0) is 28.2. The van der Waals surface area contributed by atoms with Crippen molar-refractivity contribution < 1.29 is 28.3 Å². The highest BCUT2D eigenvalue weighted by atomic mass is 31.2. The number of hydrogen-bond donors (Lipinski definition) is 3. The average molecular weight is 559 g/mol. The van der Waals surface area contributed by atoms with E-state index in [2.05, 4.69) is 10.6 Å². The van der Waals surface area contributed by atoms with E-state index in [0.717, 1.165) is 16.7 Å². The topological polar surface area (TPSA) is 114 Å². The summed E-state index contributed by atoms with van der Waals surface area (Å²) >= 11 is 0. The Kier molecular flexibility index (Phi) is 10.1. The maximum absolute atomic E-state index is 13.9. The zero-order valence-corrected chi connectivity index (χ0v) is 22.7. The second-order valence-corrected chi connectivity index (χ2v) is 10.9. The molecule has 0 heterocycles. The highest BCUT2D eigenvalue weighted by Crippen LogP contribution is 2.47. The van der Waals surface area contributed by atoms with Crippen LogP contribution >= 0.6 is 7.60 Å². The van der Waals surface area contributed by atoms with Gasteiger partial charge >= 0.3 is 13.6 Å². The van der Waals surface area contributed by atoms with Crippen LogP contribution in [-0.2, 0) is 20.6 Å². The van der Waals surface area contributed by atoms with E-state index >= 15 is 0 Å². The summed E-state index contributed by atoms with van der Waals surface area (Å²) in [5, 5.41) is 14.7. The van der Waals surface area contributed by atoms with E-state index in [1.165, 1.54) is 0 Å². The van der Waals surface area contributed by atoms with E-state index < -0.39 is 25.5 Å². The van der Waals surface area contributed by atoms with E-state index in [1.807, 2.05) is 66.7 Å². The number of para-hydroxylation sites is 2. The van der Waals surface area contributed by atoms with Gasteiger partial charge in [-0.3, -0.25) is 14.9 Å². The fraction of sp³-hybridized carbons (Fsp3) is 0.161. The smallest absolute Gasteiger partial charge is 0.444 e. The Hall–Kier alpha value is -4.39. The molecular formula is C31H31N2O6P. The summed E-state index contributed by atoms with van der Waals surface area (Å²) in [5.74, 6) is -0.706. The average Bonchev–Trinajstić information content (AvgIpc) is 2.97. The van der Waals surface area contributed by atoms with Crippen LogP contribution in [0.25, 0.3) is 11.1 Å². The minimum atomic E-state index is -3.84. The second-order valence-electron chi connectivity index (χ2n) is 9.04. The Labute approximate surface area is 233 Å². The second kappa shape index (κ2) is 14.1. The molecule has 0 radical (unpaired) electrons. The van der Waals surface area contributed by atoms with Crippen molar-refractivity contribution >= 4 is 19.5 Å². The monoisotopic (exact) mass is 558 g/mol. The van der Waals surface area contributed by atoms with Crippen molar-refractivity contribution in [3.05, 3.63) is 121 Å². The van der Waals surface area contributed by atoms with Gasteiger partial charge in [-0.25, -0.2) is 4.57 Å². The van der Waals surface area contributed by atoms with Crippen LogP contribution in [0.2, 0.25) is 0 Å². The van der Waals surface area contributed by atoms with Gasteiger partial charge < -0.3 is 19.5 Å². The van der Waals surface area contributed by atoms with E-state index in [9.17, 15) is 14.2 Å². The van der Waals surface area contributed by atoms with Crippen LogP contribution in [0.15, 0.2) is 115 Å². The maximum Gasteiger partial charge on any atom is 0.444 e. The number of nitrogens with one attached hydrogen (secondary N) is 2. The van der Waals surface area contributed by atoms with Crippen LogP contribution in [0.4, 0.5) is 0 Å². The van der Waals surface area contributed by atoms with E-state index in [0.29, 0.717) is 11.5 Å². The minimum Gasteiger partial charge on any atom is -0.481 e. The lowest BCUT2D eigenvalue weighted by Crippen LogP contribution is -2.46. The molecule has 4 aromatic carbocycles. The molecule has 40 heavy (non-hydrogen) atoms. The van der Waals surface area contributed by atoms with Gasteiger partial charge in [0.25, 0.3) is 0 Å². The molecule has 8 nitrogen and oxygen atoms in total. The Morgan fingerprint density at radius 2 is 1.23 bits per heavy atom. The van der Waals surface area contributed by atoms with Gasteiger partial charge in [-0.2, -0.15) is 0 Å². The number of aliphatic carboxylic acids is 1. The number of rotatable bonds is 14. The molecule has 0 aliphatic heterocycles. The fourth-order valence-corrected chi connectivity index (χ4v) is 5.46. The normalized spacial score (nSPS) is 11.8. The Balaban J connectivity index is 1.52. The molecule has 3 N–H and O–H groups in total. The van der Waals surface area contributed by atoms with Crippen LogP contribution in [0.5, 0.6) is 11.5 Å². The van der Waals surface area contributed by atoms with Crippen LogP contribution in [0, 0.1) is 0 Å². The molecule has 0 aliphatic rings. The molecule has 0 aromatic heterocycles. The molecule has 0 aliphatic carbocycles. The van der Waals surface area contributed by atoms with Crippen molar-refractivity contribution in [2.45, 2.75) is 18.9 Å². The molecule has 9 heteroatoms. The molecule has 0 saturated carbocycles. The van der Waals surface area contributed by atoms with Crippen molar-refractivity contribution in [1.29, 1.82) is 0 Å². The summed E-state index contributed by atoms with van der Waals surface area (Å²) in [6.07, 6.45) is -0.211. The number of carbonyl (C=O) groups excluding carboxylic acids is 1. The Morgan fingerprint density at radius 1 is 0.725 bits per heavy atom. The van der Waals surface area contributed by atoms with Gasteiger partial charge in [-0.15, -0.1) is 0 Å². The Morgan fingerprint density at radius 3 is 1.75 bits per heavy atom. The van der Waals surface area contributed by atoms with Crippen LogP contribution in [0.3, 0.4) is 0 Å². The van der Waals surface area contributed by atoms with Gasteiger partial charge in [0, 0.05) is 6.54 Å². The maximum atomic E-state index is 13.9. The first kappa shape index (κ1) is 28.6. The summed E-state index contributed by atoms with van der Waals surface area (Å²) in [7, 11) is -3.84. The van der Waals surface area contributed by atoms with Gasteiger partial charge in [0.2, 0.25) is 5.91 Å². The number of carboxylic acid groups (broad SMARTS) is 1.